The van der Waals surface area contributed by atoms with Gasteiger partial charge in [-0.25, -0.2) is 9.97 Å². The highest BCUT2D eigenvalue weighted by atomic mass is 35.5. The van der Waals surface area contributed by atoms with Gasteiger partial charge in [0.05, 0.1) is 11.4 Å². The molecule has 0 radical (unpaired) electrons. The van der Waals surface area contributed by atoms with Crippen molar-refractivity contribution in [2.24, 2.45) is 0 Å². The summed E-state index contributed by atoms with van der Waals surface area (Å²) < 4.78 is 7.82. The van der Waals surface area contributed by atoms with Crippen LogP contribution in [0, 0.1) is 13.8 Å². The minimum atomic E-state index is -0.196. The van der Waals surface area contributed by atoms with Gasteiger partial charge in [0, 0.05) is 6.20 Å². The molecule has 2 atom stereocenters. The van der Waals surface area contributed by atoms with Crippen LogP contribution in [0.1, 0.15) is 48.2 Å². The molecule has 0 bridgehead atoms. The summed E-state index contributed by atoms with van der Waals surface area (Å²) in [4.78, 5) is 9.19. The van der Waals surface area contributed by atoms with Gasteiger partial charge in [0.1, 0.15) is 22.9 Å². The second-order valence-corrected chi connectivity index (χ2v) is 6.09. The van der Waals surface area contributed by atoms with Crippen LogP contribution in [-0.4, -0.2) is 14.5 Å². The number of halogens is 1. The third kappa shape index (κ3) is 2.44. The predicted octanol–water partition coefficient (Wildman–Crippen LogP) is 4.55. The van der Waals surface area contributed by atoms with Crippen molar-refractivity contribution in [1.29, 1.82) is 0 Å². The zero-order valence-electron chi connectivity index (χ0n) is 12.6. The third-order valence-corrected chi connectivity index (χ3v) is 3.81. The van der Waals surface area contributed by atoms with E-state index in [1.165, 1.54) is 0 Å². The van der Waals surface area contributed by atoms with Crippen LogP contribution in [0.2, 0.25) is 0 Å². The molecule has 21 heavy (non-hydrogen) atoms. The molecule has 0 fully saturated rings. The van der Waals surface area contributed by atoms with Gasteiger partial charge in [-0.3, -0.25) is 0 Å². The lowest BCUT2D eigenvalue weighted by molar-refractivity contribution is 0.427. The van der Waals surface area contributed by atoms with Crippen LogP contribution in [-0.2, 0) is 0 Å². The molecule has 110 valence electrons. The molecule has 0 aromatic carbocycles. The van der Waals surface area contributed by atoms with E-state index in [1.807, 2.05) is 45.2 Å². The lowest BCUT2D eigenvalue weighted by Crippen LogP contribution is -2.11. The fraction of sp³-hybridized carbons (Fsp3) is 0.375. The first kappa shape index (κ1) is 14.1. The zero-order chi connectivity index (χ0) is 15.1. The van der Waals surface area contributed by atoms with E-state index in [9.17, 15) is 0 Å². The summed E-state index contributed by atoms with van der Waals surface area (Å²) in [6.07, 6.45) is 1.85. The molecule has 0 saturated carbocycles. The number of aromatic nitrogens is 3. The Bertz CT molecular complexity index is 788. The standard InChI is InChI=1S/C16H18ClN3O/c1-9-7-13-16(18-8-9)20(15(19-13)11(3)17)12(4)14-6-5-10(2)21-14/h5-8,11-12H,1-4H3. The van der Waals surface area contributed by atoms with Crippen molar-refractivity contribution in [3.8, 4) is 0 Å². The smallest absolute Gasteiger partial charge is 0.160 e. The maximum Gasteiger partial charge on any atom is 0.160 e. The van der Waals surface area contributed by atoms with Crippen molar-refractivity contribution in [3.05, 3.63) is 47.3 Å². The van der Waals surface area contributed by atoms with E-state index in [1.54, 1.807) is 0 Å². The highest BCUT2D eigenvalue weighted by Gasteiger charge is 2.22. The topological polar surface area (TPSA) is 43.9 Å². The number of nitrogens with zero attached hydrogens (tertiary/aromatic N) is 3. The molecule has 0 amide bonds. The molecule has 0 aliphatic rings. The molecule has 0 N–H and O–H groups in total. The molecule has 5 heteroatoms. The summed E-state index contributed by atoms with van der Waals surface area (Å²) >= 11 is 6.31. The van der Waals surface area contributed by atoms with Crippen molar-refractivity contribution in [2.75, 3.05) is 0 Å². The van der Waals surface area contributed by atoms with E-state index < -0.39 is 0 Å². The molecule has 3 aromatic heterocycles. The Hall–Kier alpha value is -1.81. The van der Waals surface area contributed by atoms with E-state index in [4.69, 9.17) is 16.0 Å². The minimum absolute atomic E-state index is 0.00453. The van der Waals surface area contributed by atoms with Gasteiger partial charge < -0.3 is 8.98 Å². The number of hydrogen-bond acceptors (Lipinski definition) is 3. The number of fused-ring (bicyclic) bond motifs is 1. The Labute approximate surface area is 128 Å². The van der Waals surface area contributed by atoms with E-state index in [0.29, 0.717) is 0 Å². The number of hydrogen-bond donors (Lipinski definition) is 0. The Morgan fingerprint density at radius 2 is 2.00 bits per heavy atom. The van der Waals surface area contributed by atoms with Gasteiger partial charge in [-0.05, 0) is 51.5 Å². The lowest BCUT2D eigenvalue weighted by atomic mass is 10.2. The van der Waals surface area contributed by atoms with Crippen LogP contribution in [0.5, 0.6) is 0 Å². The first-order chi connectivity index (χ1) is 9.97. The van der Waals surface area contributed by atoms with Gasteiger partial charge in [-0.1, -0.05) is 0 Å². The van der Waals surface area contributed by atoms with Crippen molar-refractivity contribution in [2.45, 2.75) is 39.1 Å². The van der Waals surface area contributed by atoms with E-state index in [-0.39, 0.29) is 11.4 Å². The summed E-state index contributed by atoms with van der Waals surface area (Å²) in [5.41, 5.74) is 2.79. The van der Waals surface area contributed by atoms with Gasteiger partial charge in [0.15, 0.2) is 5.65 Å². The van der Waals surface area contributed by atoms with Gasteiger partial charge in [-0.15, -0.1) is 11.6 Å². The molecular formula is C16H18ClN3O. The highest BCUT2D eigenvalue weighted by molar-refractivity contribution is 6.20. The fourth-order valence-corrected chi connectivity index (χ4v) is 2.72. The number of aryl methyl sites for hydroxylation is 2. The SMILES string of the molecule is Cc1cnc2c(c1)nc(C(C)Cl)n2C(C)c1ccc(C)o1. The Morgan fingerprint density at radius 3 is 2.62 bits per heavy atom. The van der Waals surface area contributed by atoms with Crippen LogP contribution >= 0.6 is 11.6 Å². The van der Waals surface area contributed by atoms with Crippen LogP contribution in [0.4, 0.5) is 0 Å². The largest absolute Gasteiger partial charge is 0.464 e. The molecule has 0 aliphatic carbocycles. The van der Waals surface area contributed by atoms with Gasteiger partial charge in [-0.2, -0.15) is 0 Å². The number of alkyl halides is 1. The Kier molecular flexibility index (Phi) is 3.49. The number of rotatable bonds is 3. The van der Waals surface area contributed by atoms with E-state index >= 15 is 0 Å². The first-order valence-corrected chi connectivity index (χ1v) is 7.46. The lowest BCUT2D eigenvalue weighted by Gasteiger charge is -2.16. The van der Waals surface area contributed by atoms with Gasteiger partial charge >= 0.3 is 0 Å². The third-order valence-electron chi connectivity index (χ3n) is 3.61. The summed E-state index contributed by atoms with van der Waals surface area (Å²) in [5.74, 6) is 2.59. The number of pyridine rings is 1. The maximum absolute atomic E-state index is 6.31. The summed E-state index contributed by atoms with van der Waals surface area (Å²) in [6, 6.07) is 5.98. The molecule has 3 aromatic rings. The Balaban J connectivity index is 2.21. The quantitative estimate of drug-likeness (QED) is 0.667. The first-order valence-electron chi connectivity index (χ1n) is 7.02. The minimum Gasteiger partial charge on any atom is -0.464 e. The molecule has 0 spiro atoms. The zero-order valence-corrected chi connectivity index (χ0v) is 13.3. The average Bonchev–Trinajstić information content (AvgIpc) is 3.01. The monoisotopic (exact) mass is 303 g/mol. The van der Waals surface area contributed by atoms with Crippen LogP contribution in [0.3, 0.4) is 0 Å². The fourth-order valence-electron chi connectivity index (χ4n) is 2.57. The second-order valence-electron chi connectivity index (χ2n) is 5.44. The maximum atomic E-state index is 6.31. The Morgan fingerprint density at radius 1 is 1.24 bits per heavy atom. The molecule has 2 unspecified atom stereocenters. The van der Waals surface area contributed by atoms with Crippen molar-refractivity contribution in [1.82, 2.24) is 14.5 Å². The van der Waals surface area contributed by atoms with Crippen molar-refractivity contribution in [3.63, 3.8) is 0 Å². The van der Waals surface area contributed by atoms with Crippen LogP contribution < -0.4 is 0 Å². The van der Waals surface area contributed by atoms with Crippen molar-refractivity contribution >= 4 is 22.8 Å². The highest BCUT2D eigenvalue weighted by Crippen LogP contribution is 2.31. The van der Waals surface area contributed by atoms with Gasteiger partial charge in [0.2, 0.25) is 0 Å². The van der Waals surface area contributed by atoms with Gasteiger partial charge in [0.25, 0.3) is 0 Å². The van der Waals surface area contributed by atoms with Crippen molar-refractivity contribution < 1.29 is 4.42 Å². The average molecular weight is 304 g/mol. The molecule has 0 saturated heterocycles. The summed E-state index contributed by atoms with van der Waals surface area (Å²) in [5, 5.41) is -0.196. The molecule has 4 nitrogen and oxygen atoms in total. The molecule has 3 heterocycles. The molecule has 3 rings (SSSR count). The number of imidazole rings is 1. The van der Waals surface area contributed by atoms with Crippen LogP contribution in [0.25, 0.3) is 11.2 Å². The van der Waals surface area contributed by atoms with E-state index in [0.717, 1.165) is 34.1 Å². The summed E-state index contributed by atoms with van der Waals surface area (Å²) in [6.45, 7) is 7.94. The molecule has 0 aliphatic heterocycles. The van der Waals surface area contributed by atoms with E-state index in [2.05, 4.69) is 21.5 Å². The number of furan rings is 1. The normalized spacial score (nSPS) is 14.5. The second kappa shape index (κ2) is 5.19. The summed E-state index contributed by atoms with van der Waals surface area (Å²) in [7, 11) is 0. The van der Waals surface area contributed by atoms with Crippen LogP contribution in [0.15, 0.2) is 28.8 Å². The predicted molar refractivity (Wildman–Crippen MR) is 83.8 cm³/mol. The molecular weight excluding hydrogens is 286 g/mol.